The summed E-state index contributed by atoms with van der Waals surface area (Å²) in [6.07, 6.45) is 5.04. The number of aromatic nitrogens is 2. The zero-order chi connectivity index (χ0) is 21.3. The number of rotatable bonds is 3. The first-order chi connectivity index (χ1) is 15.3. The van der Waals surface area contributed by atoms with Crippen LogP contribution >= 0.6 is 0 Å². The normalized spacial score (nSPS) is 9.13. The van der Waals surface area contributed by atoms with E-state index in [9.17, 15) is 0 Å². The van der Waals surface area contributed by atoms with E-state index >= 15 is 0 Å². The van der Waals surface area contributed by atoms with Gasteiger partial charge in [0.2, 0.25) is 0 Å². The fourth-order valence-corrected chi connectivity index (χ4v) is 3.07. The lowest BCUT2D eigenvalue weighted by atomic mass is 10.1. The van der Waals surface area contributed by atoms with Crippen LogP contribution in [0.3, 0.4) is 0 Å². The smallest absolute Gasteiger partial charge is 0.138 e. The quantitative estimate of drug-likeness (QED) is 0.465. The van der Waals surface area contributed by atoms with Gasteiger partial charge in [-0.15, -0.1) is 6.42 Å². The van der Waals surface area contributed by atoms with Crippen LogP contribution in [0, 0.1) is 47.9 Å². The second-order valence-corrected chi connectivity index (χ2v) is 6.51. The fraction of sp³-hybridized carbons (Fsp3) is 0. The topological polar surface area (TPSA) is 28.7 Å². The molecule has 31 heavy (non-hydrogen) atoms. The van der Waals surface area contributed by atoms with Crippen molar-refractivity contribution in [3.8, 4) is 81.8 Å². The first kappa shape index (κ1) is 19.4. The third-order valence-corrected chi connectivity index (χ3v) is 4.50. The maximum Gasteiger partial charge on any atom is 0.138 e. The van der Waals surface area contributed by atoms with Crippen LogP contribution in [-0.2, 0) is 0 Å². The Labute approximate surface area is 182 Å². The molecule has 1 aromatic heterocycles. The van der Waals surface area contributed by atoms with Crippen LogP contribution in [0.1, 0.15) is 5.56 Å². The van der Waals surface area contributed by atoms with Gasteiger partial charge in [-0.3, -0.25) is 0 Å². The molecule has 0 aliphatic heterocycles. The molecule has 1 N–H and O–H groups in total. The molecule has 0 radical (unpaired) electrons. The summed E-state index contributed by atoms with van der Waals surface area (Å²) < 4.78 is 0. The first-order valence-corrected chi connectivity index (χ1v) is 9.63. The van der Waals surface area contributed by atoms with Crippen LogP contribution in [0.25, 0.3) is 33.9 Å². The maximum absolute atomic E-state index is 5.04. The Bertz CT molecular complexity index is 1360. The molecule has 4 aromatic rings. The molecule has 2 heteroatoms. The van der Waals surface area contributed by atoms with Gasteiger partial charge >= 0.3 is 0 Å². The first-order valence-electron chi connectivity index (χ1n) is 9.63. The molecule has 0 atom stereocenters. The summed E-state index contributed by atoms with van der Waals surface area (Å²) in [7, 11) is 0. The largest absolute Gasteiger partial charge is 0.337 e. The van der Waals surface area contributed by atoms with E-state index in [0.29, 0.717) is 0 Å². The fourth-order valence-electron chi connectivity index (χ4n) is 3.07. The Morgan fingerprint density at radius 3 is 1.90 bits per heavy atom. The van der Waals surface area contributed by atoms with Crippen LogP contribution in [0.2, 0.25) is 0 Å². The second-order valence-electron chi connectivity index (χ2n) is 6.51. The number of hydrogen-bond donors (Lipinski definition) is 1. The summed E-state index contributed by atoms with van der Waals surface area (Å²) in [5, 5.41) is 0. The molecule has 0 saturated heterocycles. The Hall–Kier alpha value is -4.89. The van der Waals surface area contributed by atoms with Crippen molar-refractivity contribution in [3.63, 3.8) is 0 Å². The molecule has 0 amide bonds. The molecular weight excluding hydrogens is 376 g/mol. The predicted octanol–water partition coefficient (Wildman–Crippen LogP) is 5.40. The Morgan fingerprint density at radius 1 is 0.613 bits per heavy atom. The summed E-state index contributed by atoms with van der Waals surface area (Å²) in [6.45, 7) is 0. The lowest BCUT2D eigenvalue weighted by molar-refractivity contribution is 1.31. The zero-order valence-corrected chi connectivity index (χ0v) is 16.6. The Morgan fingerprint density at radius 2 is 1.23 bits per heavy atom. The molecule has 142 valence electrons. The van der Waals surface area contributed by atoms with E-state index in [1.54, 1.807) is 0 Å². The number of nitrogens with zero attached hydrogens (tertiary/aromatic N) is 1. The van der Waals surface area contributed by atoms with Crippen molar-refractivity contribution in [1.29, 1.82) is 0 Å². The minimum atomic E-state index is 0.807. The molecule has 4 rings (SSSR count). The van der Waals surface area contributed by atoms with Gasteiger partial charge in [0.15, 0.2) is 0 Å². The molecule has 2 nitrogen and oxygen atoms in total. The van der Waals surface area contributed by atoms with Gasteiger partial charge in [0.05, 0.1) is 11.4 Å². The molecule has 0 saturated carbocycles. The number of terminal acetylenes is 1. The molecule has 1 heterocycles. The third kappa shape index (κ3) is 4.75. The highest BCUT2D eigenvalue weighted by atomic mass is 14.9. The van der Waals surface area contributed by atoms with Gasteiger partial charge < -0.3 is 4.98 Å². The molecule has 0 bridgehead atoms. The molecule has 0 fully saturated rings. The minimum Gasteiger partial charge on any atom is -0.337 e. The average Bonchev–Trinajstić information content (AvgIpc) is 3.28. The van der Waals surface area contributed by atoms with E-state index < -0.39 is 0 Å². The third-order valence-electron chi connectivity index (χ3n) is 4.50. The number of nitrogens with one attached hydrogen (secondary N) is 1. The van der Waals surface area contributed by atoms with Crippen molar-refractivity contribution in [2.45, 2.75) is 0 Å². The number of H-pyrrole nitrogens is 1. The lowest BCUT2D eigenvalue weighted by Crippen LogP contribution is -1.82. The Balaban J connectivity index is 1.67. The van der Waals surface area contributed by atoms with E-state index in [1.165, 1.54) is 0 Å². The summed E-state index contributed by atoms with van der Waals surface area (Å²) in [5.41, 5.74) is 5.92. The predicted molar refractivity (Wildman–Crippen MR) is 126 cm³/mol. The molecule has 0 unspecified atom stereocenters. The van der Waals surface area contributed by atoms with Crippen molar-refractivity contribution in [2.24, 2.45) is 0 Å². The van der Waals surface area contributed by atoms with E-state index in [0.717, 1.165) is 39.5 Å². The SMILES string of the molecule is C#CC#CC#CC#Cc1ccc(-c2nc(-c3ccccc3)c(-c3ccccc3)[nH]2)cc1. The Kier molecular flexibility index (Phi) is 5.98. The zero-order valence-electron chi connectivity index (χ0n) is 16.6. The second kappa shape index (κ2) is 9.54. The number of hydrogen-bond acceptors (Lipinski definition) is 1. The molecule has 0 spiro atoms. The lowest BCUT2D eigenvalue weighted by Gasteiger charge is -2.02. The number of benzene rings is 3. The monoisotopic (exact) mass is 392 g/mol. The standard InChI is InChI=1S/C29H16N2/c1-2-3-4-5-6-9-14-23-19-21-26(22-20-23)29-30-27(24-15-10-7-11-16-24)28(31-29)25-17-12-8-13-18-25/h1,7-8,10-13,15-22H,(H,30,31). The number of imidazole rings is 1. The van der Waals surface area contributed by atoms with Crippen molar-refractivity contribution < 1.29 is 0 Å². The van der Waals surface area contributed by atoms with Gasteiger partial charge in [-0.2, -0.15) is 0 Å². The van der Waals surface area contributed by atoms with E-state index in [2.05, 4.69) is 70.7 Å². The van der Waals surface area contributed by atoms with Crippen LogP contribution in [0.5, 0.6) is 0 Å². The van der Waals surface area contributed by atoms with Crippen LogP contribution in [0.15, 0.2) is 84.9 Å². The highest BCUT2D eigenvalue weighted by Crippen LogP contribution is 2.32. The van der Waals surface area contributed by atoms with E-state index in [1.807, 2.05) is 60.7 Å². The van der Waals surface area contributed by atoms with Crippen LogP contribution < -0.4 is 0 Å². The summed E-state index contributed by atoms with van der Waals surface area (Å²) in [5.74, 6) is 19.0. The molecule has 0 aliphatic rings. The van der Waals surface area contributed by atoms with Gasteiger partial charge in [0.1, 0.15) is 5.82 Å². The van der Waals surface area contributed by atoms with Crippen molar-refractivity contribution >= 4 is 0 Å². The summed E-state index contributed by atoms with van der Waals surface area (Å²) >= 11 is 0. The summed E-state index contributed by atoms with van der Waals surface area (Å²) in [6, 6.07) is 28.3. The van der Waals surface area contributed by atoms with Crippen LogP contribution in [0.4, 0.5) is 0 Å². The highest BCUT2D eigenvalue weighted by Gasteiger charge is 2.14. The van der Waals surface area contributed by atoms with Gasteiger partial charge in [-0.1, -0.05) is 78.7 Å². The molecular formula is C29H16N2. The molecule has 0 aliphatic carbocycles. The average molecular weight is 392 g/mol. The minimum absolute atomic E-state index is 0.807. The van der Waals surface area contributed by atoms with E-state index in [-0.39, 0.29) is 0 Å². The van der Waals surface area contributed by atoms with Gasteiger partial charge in [-0.25, -0.2) is 4.98 Å². The highest BCUT2D eigenvalue weighted by molar-refractivity contribution is 5.81. The van der Waals surface area contributed by atoms with E-state index in [4.69, 9.17) is 11.4 Å². The van der Waals surface area contributed by atoms with Crippen molar-refractivity contribution in [2.75, 3.05) is 0 Å². The molecule has 3 aromatic carbocycles. The van der Waals surface area contributed by atoms with Gasteiger partial charge in [-0.05, 0) is 47.7 Å². The van der Waals surface area contributed by atoms with Gasteiger partial charge in [0, 0.05) is 22.3 Å². The van der Waals surface area contributed by atoms with Crippen molar-refractivity contribution in [3.05, 3.63) is 90.5 Å². The van der Waals surface area contributed by atoms with Crippen LogP contribution in [-0.4, -0.2) is 9.97 Å². The summed E-state index contributed by atoms with van der Waals surface area (Å²) in [4.78, 5) is 8.42. The maximum atomic E-state index is 5.04. The van der Waals surface area contributed by atoms with Crippen molar-refractivity contribution in [1.82, 2.24) is 9.97 Å². The van der Waals surface area contributed by atoms with Gasteiger partial charge in [0.25, 0.3) is 0 Å². The number of aromatic amines is 1.